The third-order valence-electron chi connectivity index (χ3n) is 4.32. The lowest BCUT2D eigenvalue weighted by atomic mass is 9.80. The van der Waals surface area contributed by atoms with Crippen molar-refractivity contribution < 1.29 is 23.4 Å². The van der Waals surface area contributed by atoms with Gasteiger partial charge >= 0.3 is 5.97 Å². The molecule has 2 unspecified atom stereocenters. The van der Waals surface area contributed by atoms with Gasteiger partial charge in [-0.1, -0.05) is 30.3 Å². The van der Waals surface area contributed by atoms with E-state index in [0.717, 1.165) is 0 Å². The maximum absolute atomic E-state index is 13.6. The van der Waals surface area contributed by atoms with Crippen molar-refractivity contribution in [3.05, 3.63) is 35.9 Å². The van der Waals surface area contributed by atoms with E-state index < -0.39 is 29.8 Å². The van der Waals surface area contributed by atoms with Crippen molar-refractivity contribution in [1.29, 1.82) is 0 Å². The first-order valence-corrected chi connectivity index (χ1v) is 7.88. The van der Waals surface area contributed by atoms with Crippen LogP contribution >= 0.6 is 0 Å². The van der Waals surface area contributed by atoms with Crippen LogP contribution in [0.25, 0.3) is 0 Å². The molecule has 6 heteroatoms. The number of benzene rings is 1. The normalized spacial score (nSPS) is 22.5. The molecule has 1 fully saturated rings. The molecule has 1 aliphatic carbocycles. The van der Waals surface area contributed by atoms with Crippen molar-refractivity contribution in [1.82, 2.24) is 5.32 Å². The SMILES string of the molecule is CNCCCOC(=O)C(O)(c1ccccc1)C1CCC(F)(F)C1. The molecule has 23 heavy (non-hydrogen) atoms. The van der Waals surface area contributed by atoms with Crippen LogP contribution in [-0.4, -0.2) is 37.2 Å². The Morgan fingerprint density at radius 1 is 1.43 bits per heavy atom. The van der Waals surface area contributed by atoms with Gasteiger partial charge in [0.2, 0.25) is 5.92 Å². The summed E-state index contributed by atoms with van der Waals surface area (Å²) in [4.78, 5) is 12.5. The Bertz CT molecular complexity index is 524. The zero-order chi connectivity index (χ0) is 16.9. The molecule has 0 amide bonds. The molecule has 0 radical (unpaired) electrons. The van der Waals surface area contributed by atoms with Gasteiger partial charge in [0.15, 0.2) is 5.60 Å². The van der Waals surface area contributed by atoms with E-state index in [-0.39, 0.29) is 19.4 Å². The van der Waals surface area contributed by atoms with Crippen LogP contribution in [0, 0.1) is 5.92 Å². The molecule has 0 heterocycles. The van der Waals surface area contributed by atoms with Gasteiger partial charge in [-0.2, -0.15) is 0 Å². The molecule has 0 saturated heterocycles. The summed E-state index contributed by atoms with van der Waals surface area (Å²) in [6, 6.07) is 8.23. The lowest BCUT2D eigenvalue weighted by molar-refractivity contribution is -0.174. The maximum atomic E-state index is 13.6. The van der Waals surface area contributed by atoms with Crippen molar-refractivity contribution in [3.63, 3.8) is 0 Å². The second-order valence-electron chi connectivity index (χ2n) is 6.02. The van der Waals surface area contributed by atoms with Gasteiger partial charge in [0.1, 0.15) is 0 Å². The molecule has 1 aromatic carbocycles. The number of hydrogen-bond acceptors (Lipinski definition) is 4. The van der Waals surface area contributed by atoms with Gasteiger partial charge in [-0.15, -0.1) is 0 Å². The molecule has 128 valence electrons. The molecule has 1 saturated carbocycles. The fourth-order valence-corrected chi connectivity index (χ4v) is 3.04. The highest BCUT2D eigenvalue weighted by Gasteiger charge is 2.54. The molecule has 2 rings (SSSR count). The van der Waals surface area contributed by atoms with E-state index in [1.165, 1.54) is 0 Å². The second kappa shape index (κ2) is 7.36. The Hall–Kier alpha value is -1.53. The minimum atomic E-state index is -2.85. The van der Waals surface area contributed by atoms with Gasteiger partial charge in [-0.3, -0.25) is 0 Å². The highest BCUT2D eigenvalue weighted by Crippen LogP contribution is 2.47. The van der Waals surface area contributed by atoms with Crippen LogP contribution in [0.3, 0.4) is 0 Å². The van der Waals surface area contributed by atoms with Crippen LogP contribution in [0.1, 0.15) is 31.2 Å². The highest BCUT2D eigenvalue weighted by atomic mass is 19.3. The molecular formula is C17H23F2NO3. The summed E-state index contributed by atoms with van der Waals surface area (Å²) < 4.78 is 32.3. The van der Waals surface area contributed by atoms with Gasteiger partial charge in [-0.05, 0) is 32.0 Å². The van der Waals surface area contributed by atoms with E-state index in [2.05, 4.69) is 5.32 Å². The number of ether oxygens (including phenoxy) is 1. The molecule has 0 bridgehead atoms. The quantitative estimate of drug-likeness (QED) is 0.597. The number of hydrogen-bond donors (Lipinski definition) is 2. The molecule has 0 aliphatic heterocycles. The largest absolute Gasteiger partial charge is 0.463 e. The first kappa shape index (κ1) is 17.8. The van der Waals surface area contributed by atoms with Crippen molar-refractivity contribution in [3.8, 4) is 0 Å². The molecule has 0 aromatic heterocycles. The van der Waals surface area contributed by atoms with Gasteiger partial charge in [0.05, 0.1) is 6.61 Å². The Morgan fingerprint density at radius 3 is 2.70 bits per heavy atom. The number of aliphatic hydroxyl groups is 1. The number of carbonyl (C=O) groups excluding carboxylic acids is 1. The summed E-state index contributed by atoms with van der Waals surface area (Å²) in [5.41, 5.74) is -1.72. The third kappa shape index (κ3) is 4.06. The van der Waals surface area contributed by atoms with Crippen molar-refractivity contribution >= 4 is 5.97 Å². The van der Waals surface area contributed by atoms with Gasteiger partial charge in [0.25, 0.3) is 0 Å². The molecule has 4 nitrogen and oxygen atoms in total. The molecule has 1 aliphatic rings. The van der Waals surface area contributed by atoms with Crippen molar-refractivity contribution in [2.45, 2.75) is 37.2 Å². The summed E-state index contributed by atoms with van der Waals surface area (Å²) in [6.45, 7) is 0.802. The Balaban J connectivity index is 2.20. The van der Waals surface area contributed by atoms with E-state index in [1.807, 2.05) is 0 Å². The standard InChI is InChI=1S/C17H23F2NO3/c1-20-10-5-11-23-15(21)17(22,13-6-3-2-4-7-13)14-8-9-16(18,19)12-14/h2-4,6-7,14,20,22H,5,8-12H2,1H3. The first-order valence-electron chi connectivity index (χ1n) is 7.88. The van der Waals surface area contributed by atoms with E-state index in [4.69, 9.17) is 4.74 Å². The van der Waals surface area contributed by atoms with Crippen LogP contribution < -0.4 is 5.32 Å². The number of rotatable bonds is 7. The lowest BCUT2D eigenvalue weighted by Gasteiger charge is -2.32. The number of esters is 1. The van der Waals surface area contributed by atoms with Crippen LogP contribution in [0.2, 0.25) is 0 Å². The zero-order valence-corrected chi connectivity index (χ0v) is 13.2. The van der Waals surface area contributed by atoms with Gasteiger partial charge < -0.3 is 15.2 Å². The summed E-state index contributed by atoms with van der Waals surface area (Å²) in [7, 11) is 1.78. The summed E-state index contributed by atoms with van der Waals surface area (Å²) in [6.07, 6.45) is -0.151. The summed E-state index contributed by atoms with van der Waals surface area (Å²) in [5, 5.41) is 13.9. The smallest absolute Gasteiger partial charge is 0.343 e. The fourth-order valence-electron chi connectivity index (χ4n) is 3.04. The van der Waals surface area contributed by atoms with Gasteiger partial charge in [-0.25, -0.2) is 13.6 Å². The molecular weight excluding hydrogens is 304 g/mol. The summed E-state index contributed by atoms with van der Waals surface area (Å²) in [5.74, 6) is -4.54. The van der Waals surface area contributed by atoms with Crippen LogP contribution in [0.4, 0.5) is 8.78 Å². The lowest BCUT2D eigenvalue weighted by Crippen LogP contribution is -2.44. The maximum Gasteiger partial charge on any atom is 0.343 e. The monoisotopic (exact) mass is 327 g/mol. The third-order valence-corrected chi connectivity index (χ3v) is 4.32. The summed E-state index contributed by atoms with van der Waals surface area (Å²) >= 11 is 0. The van der Waals surface area contributed by atoms with Gasteiger partial charge in [0, 0.05) is 18.8 Å². The Labute approximate surface area is 134 Å². The minimum Gasteiger partial charge on any atom is -0.463 e. The first-order chi connectivity index (χ1) is 10.9. The Kier molecular flexibility index (Phi) is 5.70. The minimum absolute atomic E-state index is 0.0873. The molecule has 2 atom stereocenters. The highest BCUT2D eigenvalue weighted by molar-refractivity contribution is 5.81. The molecule has 2 N–H and O–H groups in total. The molecule has 1 aromatic rings. The van der Waals surface area contributed by atoms with E-state index in [9.17, 15) is 18.7 Å². The number of halogens is 2. The predicted octanol–water partition coefficient (Wildman–Crippen LogP) is 2.46. The van der Waals surface area contributed by atoms with Crippen LogP contribution in [0.5, 0.6) is 0 Å². The average molecular weight is 327 g/mol. The van der Waals surface area contributed by atoms with Crippen molar-refractivity contribution in [2.75, 3.05) is 20.2 Å². The Morgan fingerprint density at radius 2 is 2.13 bits per heavy atom. The number of nitrogens with one attached hydrogen (secondary N) is 1. The van der Waals surface area contributed by atoms with Crippen molar-refractivity contribution in [2.24, 2.45) is 5.92 Å². The van der Waals surface area contributed by atoms with Crippen LogP contribution in [0.15, 0.2) is 30.3 Å². The van der Waals surface area contributed by atoms with E-state index in [1.54, 1.807) is 37.4 Å². The fraction of sp³-hybridized carbons (Fsp3) is 0.588. The topological polar surface area (TPSA) is 58.6 Å². The number of carbonyl (C=O) groups is 1. The second-order valence-corrected chi connectivity index (χ2v) is 6.02. The van der Waals surface area contributed by atoms with Crippen LogP contribution in [-0.2, 0) is 15.1 Å². The van der Waals surface area contributed by atoms with E-state index in [0.29, 0.717) is 18.5 Å². The molecule has 0 spiro atoms. The predicted molar refractivity (Wildman–Crippen MR) is 82.1 cm³/mol. The van der Waals surface area contributed by atoms with E-state index >= 15 is 0 Å². The zero-order valence-electron chi connectivity index (χ0n) is 13.2. The average Bonchev–Trinajstić information content (AvgIpc) is 2.92. The number of alkyl halides is 2.